The number of nitrogens with zero attached hydrogens (tertiary/aromatic N) is 2. The molecule has 10 heteroatoms. The van der Waals surface area contributed by atoms with E-state index in [1.165, 1.54) is 12.4 Å². The van der Waals surface area contributed by atoms with Gasteiger partial charge in [-0.2, -0.15) is 0 Å². The van der Waals surface area contributed by atoms with Crippen LogP contribution in [0.15, 0.2) is 30.6 Å². The van der Waals surface area contributed by atoms with Crippen LogP contribution in [-0.2, 0) is 0 Å². The lowest BCUT2D eigenvalue weighted by atomic mass is 9.61. The molecule has 3 N–H and O–H groups in total. The molecule has 162 valence electrons. The molecule has 1 spiro atoms. The first-order chi connectivity index (χ1) is 14.6. The number of hydrogen-bond acceptors (Lipinski definition) is 3. The molecule has 2 aliphatic rings. The van der Waals surface area contributed by atoms with E-state index in [9.17, 15) is 22.4 Å². The number of benzene rings is 1. The van der Waals surface area contributed by atoms with Gasteiger partial charge in [0.2, 0.25) is 5.92 Å². The summed E-state index contributed by atoms with van der Waals surface area (Å²) in [5.41, 5.74) is 1.61. The van der Waals surface area contributed by atoms with Crippen molar-refractivity contribution < 1.29 is 22.4 Å². The molecule has 0 bridgehead atoms. The van der Waals surface area contributed by atoms with Crippen LogP contribution in [0.2, 0.25) is 0 Å². The first-order valence-electron chi connectivity index (χ1n) is 9.77. The van der Waals surface area contributed by atoms with Gasteiger partial charge in [0.1, 0.15) is 5.82 Å². The number of H-pyrrole nitrogens is 1. The van der Waals surface area contributed by atoms with E-state index in [0.29, 0.717) is 41.2 Å². The maximum atomic E-state index is 13.5. The number of halogens is 4. The molecule has 3 heterocycles. The Morgan fingerprint density at radius 3 is 2.52 bits per heavy atom. The van der Waals surface area contributed by atoms with Crippen molar-refractivity contribution in [2.24, 2.45) is 5.41 Å². The molecule has 1 aromatic carbocycles. The van der Waals surface area contributed by atoms with Crippen molar-refractivity contribution in [3.63, 3.8) is 0 Å². The Kier molecular flexibility index (Phi) is 4.18. The zero-order valence-corrected chi connectivity index (χ0v) is 16.5. The van der Waals surface area contributed by atoms with E-state index in [1.807, 2.05) is 11.8 Å². The average Bonchev–Trinajstić information content (AvgIpc) is 3.00. The second-order valence-corrected chi connectivity index (χ2v) is 8.52. The van der Waals surface area contributed by atoms with E-state index in [-0.39, 0.29) is 18.3 Å². The zero-order chi connectivity index (χ0) is 22.0. The van der Waals surface area contributed by atoms with Crippen LogP contribution in [0.4, 0.5) is 39.5 Å². The number of fused-ring (bicyclic) bond motifs is 1. The number of hydrogen-bond donors (Lipinski definition) is 3. The van der Waals surface area contributed by atoms with E-state index in [1.54, 1.807) is 6.07 Å². The number of carbonyl (C=O) groups excluding carboxylic acids is 1. The Balaban J connectivity index is 1.23. The number of pyridine rings is 1. The van der Waals surface area contributed by atoms with E-state index in [4.69, 9.17) is 0 Å². The van der Waals surface area contributed by atoms with Crippen LogP contribution in [0.1, 0.15) is 18.4 Å². The minimum atomic E-state index is -2.54. The monoisotopic (exact) mass is 433 g/mol. The van der Waals surface area contributed by atoms with Gasteiger partial charge < -0.3 is 20.5 Å². The molecule has 1 aliphatic heterocycles. The Morgan fingerprint density at radius 1 is 1.13 bits per heavy atom. The number of nitrogens with one attached hydrogen (secondary N) is 3. The van der Waals surface area contributed by atoms with Gasteiger partial charge in [-0.1, -0.05) is 0 Å². The summed E-state index contributed by atoms with van der Waals surface area (Å²) >= 11 is 0. The van der Waals surface area contributed by atoms with Crippen molar-refractivity contribution in [2.45, 2.75) is 25.7 Å². The average molecular weight is 433 g/mol. The lowest BCUT2D eigenvalue weighted by Crippen LogP contribution is -2.66. The van der Waals surface area contributed by atoms with Crippen molar-refractivity contribution in [1.82, 2.24) is 9.97 Å². The fourth-order valence-corrected chi connectivity index (χ4v) is 4.65. The lowest BCUT2D eigenvalue weighted by molar-refractivity contribution is -0.170. The maximum absolute atomic E-state index is 13.5. The van der Waals surface area contributed by atoms with Gasteiger partial charge in [-0.15, -0.1) is 0 Å². The predicted molar refractivity (Wildman–Crippen MR) is 109 cm³/mol. The molecule has 2 amide bonds. The number of carbonyl (C=O) groups is 1. The molecule has 1 aliphatic carbocycles. The number of aromatic nitrogens is 2. The van der Waals surface area contributed by atoms with E-state index in [2.05, 4.69) is 20.6 Å². The second-order valence-electron chi connectivity index (χ2n) is 8.52. The van der Waals surface area contributed by atoms with Crippen LogP contribution in [0.25, 0.3) is 10.9 Å². The smallest absolute Gasteiger partial charge is 0.323 e. The number of aromatic amines is 1. The first-order valence-corrected chi connectivity index (χ1v) is 9.77. The summed E-state index contributed by atoms with van der Waals surface area (Å²) in [5.74, 6) is -3.82. The van der Waals surface area contributed by atoms with Gasteiger partial charge in [-0.25, -0.2) is 27.3 Å². The Labute approximate surface area is 174 Å². The summed E-state index contributed by atoms with van der Waals surface area (Å²) in [6.45, 7) is 2.95. The molecular weight excluding hydrogens is 414 g/mol. The molecule has 0 atom stereocenters. The number of rotatable bonds is 3. The Hall–Kier alpha value is -3.30. The topological polar surface area (TPSA) is 73.0 Å². The highest BCUT2D eigenvalue weighted by Gasteiger charge is 2.62. The van der Waals surface area contributed by atoms with E-state index in [0.717, 1.165) is 17.7 Å². The molecule has 0 radical (unpaired) electrons. The maximum Gasteiger partial charge on any atom is 0.323 e. The molecule has 1 saturated heterocycles. The molecule has 31 heavy (non-hydrogen) atoms. The summed E-state index contributed by atoms with van der Waals surface area (Å²) in [4.78, 5) is 21.5. The molecule has 2 fully saturated rings. The standard InChI is InChI=1S/C21H19F4N5O/c1-11-2-12(5-27-18(11)30-9-20(10-30)7-21(24,25)8-20)28-19(31)29-17-6-26-16-4-15(23)14(22)3-13(16)17/h2-6,26H,7-10H2,1H3,(H2,28,29,31). The van der Waals surface area contributed by atoms with Gasteiger partial charge in [-0.05, 0) is 24.6 Å². The molecule has 2 aromatic heterocycles. The van der Waals surface area contributed by atoms with Crippen molar-refractivity contribution in [1.29, 1.82) is 0 Å². The highest BCUT2D eigenvalue weighted by molar-refractivity contribution is 6.05. The van der Waals surface area contributed by atoms with Crippen molar-refractivity contribution in [3.05, 3.63) is 47.8 Å². The van der Waals surface area contributed by atoms with Crippen molar-refractivity contribution in [2.75, 3.05) is 28.6 Å². The number of alkyl halides is 2. The highest BCUT2D eigenvalue weighted by atomic mass is 19.3. The third-order valence-corrected chi connectivity index (χ3v) is 5.90. The predicted octanol–water partition coefficient (Wildman–Crippen LogP) is 5.03. The molecule has 3 aromatic rings. The Bertz CT molecular complexity index is 1190. The summed E-state index contributed by atoms with van der Waals surface area (Å²) in [6.07, 6.45) is 2.80. The minimum Gasteiger partial charge on any atom is -0.359 e. The van der Waals surface area contributed by atoms with Crippen molar-refractivity contribution >= 4 is 34.1 Å². The molecule has 1 saturated carbocycles. The quantitative estimate of drug-likeness (QED) is 0.508. The van der Waals surface area contributed by atoms with E-state index < -0.39 is 23.6 Å². The van der Waals surface area contributed by atoms with E-state index >= 15 is 0 Å². The summed E-state index contributed by atoms with van der Waals surface area (Å²) in [6, 6.07) is 3.20. The lowest BCUT2D eigenvalue weighted by Gasteiger charge is -2.59. The van der Waals surface area contributed by atoms with Gasteiger partial charge in [-0.3, -0.25) is 0 Å². The largest absolute Gasteiger partial charge is 0.359 e. The summed E-state index contributed by atoms with van der Waals surface area (Å²) in [7, 11) is 0. The number of amides is 2. The van der Waals surface area contributed by atoms with Crippen LogP contribution >= 0.6 is 0 Å². The third-order valence-electron chi connectivity index (χ3n) is 5.90. The van der Waals surface area contributed by atoms with Gasteiger partial charge in [0.05, 0.1) is 23.1 Å². The fourth-order valence-electron chi connectivity index (χ4n) is 4.65. The number of anilines is 3. The highest BCUT2D eigenvalue weighted by Crippen LogP contribution is 2.57. The van der Waals surface area contributed by atoms with Gasteiger partial charge in [0, 0.05) is 49.0 Å². The summed E-state index contributed by atoms with van der Waals surface area (Å²) in [5, 5.41) is 5.58. The molecular formula is C21H19F4N5O. The van der Waals surface area contributed by atoms with Crippen LogP contribution in [0.5, 0.6) is 0 Å². The number of urea groups is 1. The second kappa shape index (κ2) is 6.60. The fraction of sp³-hybridized carbons (Fsp3) is 0.333. The van der Waals surface area contributed by atoms with Gasteiger partial charge in [0.25, 0.3) is 0 Å². The normalized spacial score (nSPS) is 18.5. The van der Waals surface area contributed by atoms with Crippen LogP contribution in [0, 0.1) is 24.0 Å². The molecule has 5 rings (SSSR count). The van der Waals surface area contributed by atoms with Crippen molar-refractivity contribution in [3.8, 4) is 0 Å². The van der Waals surface area contributed by atoms with Crippen LogP contribution < -0.4 is 15.5 Å². The number of aryl methyl sites for hydroxylation is 1. The first kappa shape index (κ1) is 19.7. The molecule has 6 nitrogen and oxygen atoms in total. The Morgan fingerprint density at radius 2 is 1.84 bits per heavy atom. The molecule has 0 unspecified atom stereocenters. The zero-order valence-electron chi connectivity index (χ0n) is 16.5. The van der Waals surface area contributed by atoms with Gasteiger partial charge in [0.15, 0.2) is 11.6 Å². The minimum absolute atomic E-state index is 0.0697. The van der Waals surface area contributed by atoms with Crippen LogP contribution in [-0.4, -0.2) is 35.0 Å². The SMILES string of the molecule is Cc1cc(NC(=O)Nc2c[nH]c3cc(F)c(F)cc23)cnc1N1CC2(C1)CC(F)(F)C2. The third kappa shape index (κ3) is 3.45. The van der Waals surface area contributed by atoms with Crippen LogP contribution in [0.3, 0.4) is 0 Å². The van der Waals surface area contributed by atoms with Gasteiger partial charge >= 0.3 is 6.03 Å². The summed E-state index contributed by atoms with van der Waals surface area (Å²) < 4.78 is 53.2.